The number of hydrogen-bond donors (Lipinski definition) is 1. The van der Waals surface area contributed by atoms with Gasteiger partial charge in [0.1, 0.15) is 6.04 Å². The van der Waals surface area contributed by atoms with E-state index in [0.717, 1.165) is 12.8 Å². The molecule has 2 amide bonds. The van der Waals surface area contributed by atoms with Crippen molar-refractivity contribution in [2.45, 2.75) is 45.6 Å². The fourth-order valence-corrected chi connectivity index (χ4v) is 2.29. The van der Waals surface area contributed by atoms with Gasteiger partial charge in [-0.2, -0.15) is 0 Å². The lowest BCUT2D eigenvalue weighted by atomic mass is 10.0. The Bertz CT molecular complexity index is 253. The molecule has 0 aromatic carbocycles. The largest absolute Gasteiger partial charge is 0.368 e. The second-order valence-electron chi connectivity index (χ2n) is 4.23. The lowest BCUT2D eigenvalue weighted by molar-refractivity contribution is -0.136. The summed E-state index contributed by atoms with van der Waals surface area (Å²) in [6.07, 6.45) is 3.33. The first kappa shape index (κ1) is 12.0. The van der Waals surface area contributed by atoms with Crippen molar-refractivity contribution in [3.63, 3.8) is 0 Å². The smallest absolute Gasteiger partial charge is 0.240 e. The third kappa shape index (κ3) is 2.70. The molecule has 0 aromatic rings. The van der Waals surface area contributed by atoms with Gasteiger partial charge in [-0.3, -0.25) is 9.59 Å². The summed E-state index contributed by atoms with van der Waals surface area (Å²) in [5, 5.41) is 0. The Balaban J connectivity index is 2.63. The lowest BCUT2D eigenvalue weighted by Crippen LogP contribution is -2.45. The highest BCUT2D eigenvalue weighted by Gasteiger charge is 2.35. The zero-order chi connectivity index (χ0) is 11.4. The number of nitrogens with zero attached hydrogens (tertiary/aromatic N) is 1. The molecule has 2 atom stereocenters. The number of carbonyl (C=O) groups is 2. The summed E-state index contributed by atoms with van der Waals surface area (Å²) in [5.74, 6) is 0.109. The van der Waals surface area contributed by atoms with Crippen LogP contribution in [0.15, 0.2) is 0 Å². The Labute approximate surface area is 90.8 Å². The average molecular weight is 212 g/mol. The summed E-state index contributed by atoms with van der Waals surface area (Å²) in [7, 11) is 0. The molecule has 0 bridgehead atoms. The summed E-state index contributed by atoms with van der Waals surface area (Å²) in [4.78, 5) is 24.5. The van der Waals surface area contributed by atoms with E-state index in [-0.39, 0.29) is 11.8 Å². The molecule has 0 radical (unpaired) electrons. The Hall–Kier alpha value is -1.06. The molecule has 1 fully saturated rings. The van der Waals surface area contributed by atoms with Gasteiger partial charge < -0.3 is 10.6 Å². The van der Waals surface area contributed by atoms with Crippen LogP contribution in [0.3, 0.4) is 0 Å². The van der Waals surface area contributed by atoms with E-state index in [9.17, 15) is 9.59 Å². The van der Waals surface area contributed by atoms with Crippen molar-refractivity contribution in [1.29, 1.82) is 0 Å². The van der Waals surface area contributed by atoms with Crippen molar-refractivity contribution in [2.24, 2.45) is 11.7 Å². The molecule has 0 spiro atoms. The first-order valence-electron chi connectivity index (χ1n) is 5.68. The second kappa shape index (κ2) is 5.14. The third-order valence-corrected chi connectivity index (χ3v) is 3.03. The summed E-state index contributed by atoms with van der Waals surface area (Å²) in [5.41, 5.74) is 5.28. The van der Waals surface area contributed by atoms with Crippen LogP contribution in [0.5, 0.6) is 0 Å². The number of amides is 2. The number of likely N-dealkylation sites (tertiary alicyclic amines) is 1. The van der Waals surface area contributed by atoms with Gasteiger partial charge in [0.25, 0.3) is 0 Å². The lowest BCUT2D eigenvalue weighted by Gasteiger charge is -2.24. The Morgan fingerprint density at radius 1 is 1.60 bits per heavy atom. The van der Waals surface area contributed by atoms with E-state index in [1.807, 2.05) is 6.92 Å². The molecule has 86 valence electrons. The first-order valence-corrected chi connectivity index (χ1v) is 5.68. The van der Waals surface area contributed by atoms with Crippen LogP contribution in [0.2, 0.25) is 0 Å². The molecule has 4 heteroatoms. The number of hydrogen-bond acceptors (Lipinski definition) is 2. The topological polar surface area (TPSA) is 63.4 Å². The van der Waals surface area contributed by atoms with Crippen molar-refractivity contribution in [3.05, 3.63) is 0 Å². The first-order chi connectivity index (χ1) is 7.10. The number of nitrogens with two attached hydrogens (primary N) is 1. The minimum absolute atomic E-state index is 0.0825. The maximum atomic E-state index is 11.7. The maximum absolute atomic E-state index is 11.7. The van der Waals surface area contributed by atoms with Crippen molar-refractivity contribution >= 4 is 11.8 Å². The minimum atomic E-state index is -0.403. The average Bonchev–Trinajstić information content (AvgIpc) is 2.49. The van der Waals surface area contributed by atoms with Crippen molar-refractivity contribution in [2.75, 3.05) is 6.54 Å². The zero-order valence-electron chi connectivity index (χ0n) is 9.53. The molecule has 1 rings (SSSR count). The summed E-state index contributed by atoms with van der Waals surface area (Å²) in [6, 6.07) is -0.403. The van der Waals surface area contributed by atoms with Gasteiger partial charge in [0, 0.05) is 13.0 Å². The van der Waals surface area contributed by atoms with Gasteiger partial charge in [-0.05, 0) is 18.8 Å². The van der Waals surface area contributed by atoms with E-state index in [2.05, 4.69) is 6.92 Å². The molecule has 2 N–H and O–H groups in total. The standard InChI is InChI=1S/C11H20N2O2/c1-3-5-8-6-10(14)13(7-8)9(4-2)11(12)15/h8-9H,3-7H2,1-2H3,(H2,12,15)/t8-,9-/m0/s1. The fraction of sp³-hybridized carbons (Fsp3) is 0.818. The van der Waals surface area contributed by atoms with Gasteiger partial charge in [0.15, 0.2) is 0 Å². The highest BCUT2D eigenvalue weighted by atomic mass is 16.2. The molecule has 0 aromatic heterocycles. The van der Waals surface area contributed by atoms with Gasteiger partial charge in [-0.25, -0.2) is 0 Å². The van der Waals surface area contributed by atoms with Crippen molar-refractivity contribution < 1.29 is 9.59 Å². The molecule has 1 aliphatic heterocycles. The summed E-state index contributed by atoms with van der Waals surface area (Å²) < 4.78 is 0. The van der Waals surface area contributed by atoms with E-state index in [1.165, 1.54) is 0 Å². The highest BCUT2D eigenvalue weighted by molar-refractivity contribution is 5.87. The molecule has 0 unspecified atom stereocenters. The van der Waals surface area contributed by atoms with Gasteiger partial charge in [0.2, 0.25) is 11.8 Å². The Morgan fingerprint density at radius 2 is 2.27 bits per heavy atom. The Morgan fingerprint density at radius 3 is 2.73 bits per heavy atom. The summed E-state index contributed by atoms with van der Waals surface area (Å²) in [6.45, 7) is 4.70. The van der Waals surface area contributed by atoms with Crippen LogP contribution < -0.4 is 5.73 Å². The minimum Gasteiger partial charge on any atom is -0.368 e. The third-order valence-electron chi connectivity index (χ3n) is 3.03. The molecule has 15 heavy (non-hydrogen) atoms. The highest BCUT2D eigenvalue weighted by Crippen LogP contribution is 2.24. The molecular formula is C11H20N2O2. The number of carbonyl (C=O) groups excluding carboxylic acids is 2. The molecule has 1 aliphatic rings. The molecule has 4 nitrogen and oxygen atoms in total. The molecule has 0 aliphatic carbocycles. The van der Waals surface area contributed by atoms with E-state index in [4.69, 9.17) is 5.73 Å². The second-order valence-corrected chi connectivity index (χ2v) is 4.23. The van der Waals surface area contributed by atoms with E-state index >= 15 is 0 Å². The number of primary amides is 1. The van der Waals surface area contributed by atoms with E-state index in [1.54, 1.807) is 4.90 Å². The van der Waals surface area contributed by atoms with Crippen LogP contribution in [-0.2, 0) is 9.59 Å². The fourth-order valence-electron chi connectivity index (χ4n) is 2.29. The van der Waals surface area contributed by atoms with Crippen molar-refractivity contribution in [1.82, 2.24) is 4.90 Å². The van der Waals surface area contributed by atoms with Crippen LogP contribution in [0.4, 0.5) is 0 Å². The predicted octanol–water partition coefficient (Wildman–Crippen LogP) is 0.899. The van der Waals surface area contributed by atoms with Crippen LogP contribution in [0.25, 0.3) is 0 Å². The quantitative estimate of drug-likeness (QED) is 0.736. The van der Waals surface area contributed by atoms with Crippen molar-refractivity contribution in [3.8, 4) is 0 Å². The van der Waals surface area contributed by atoms with Gasteiger partial charge in [-0.15, -0.1) is 0 Å². The Kier molecular flexibility index (Phi) is 4.12. The van der Waals surface area contributed by atoms with Crippen LogP contribution in [0.1, 0.15) is 39.5 Å². The van der Waals surface area contributed by atoms with Gasteiger partial charge in [-0.1, -0.05) is 20.3 Å². The normalized spacial score (nSPS) is 23.2. The van der Waals surface area contributed by atoms with Gasteiger partial charge in [0.05, 0.1) is 0 Å². The van der Waals surface area contributed by atoms with E-state index in [0.29, 0.717) is 25.3 Å². The summed E-state index contributed by atoms with van der Waals surface area (Å²) >= 11 is 0. The van der Waals surface area contributed by atoms with Gasteiger partial charge >= 0.3 is 0 Å². The maximum Gasteiger partial charge on any atom is 0.240 e. The number of rotatable bonds is 5. The van der Waals surface area contributed by atoms with Crippen LogP contribution in [-0.4, -0.2) is 29.3 Å². The predicted molar refractivity (Wildman–Crippen MR) is 58.0 cm³/mol. The molecular weight excluding hydrogens is 192 g/mol. The van der Waals surface area contributed by atoms with Crippen LogP contribution >= 0.6 is 0 Å². The molecule has 1 saturated heterocycles. The van der Waals surface area contributed by atoms with Crippen LogP contribution in [0, 0.1) is 5.92 Å². The zero-order valence-corrected chi connectivity index (χ0v) is 9.53. The molecule has 1 heterocycles. The van der Waals surface area contributed by atoms with E-state index < -0.39 is 6.04 Å². The monoisotopic (exact) mass is 212 g/mol. The molecule has 0 saturated carbocycles. The SMILES string of the molecule is CCC[C@H]1CC(=O)N([C@@H](CC)C(N)=O)C1.